The summed E-state index contributed by atoms with van der Waals surface area (Å²) in [5.41, 5.74) is 3.27. The minimum atomic E-state index is 0.164. The molecular formula is C19H30N4O. The Morgan fingerprint density at radius 3 is 2.50 bits per heavy atom. The number of nitrogens with zero attached hydrogens (tertiary/aromatic N) is 4. The summed E-state index contributed by atoms with van der Waals surface area (Å²) in [5.74, 6) is 1.03. The van der Waals surface area contributed by atoms with Gasteiger partial charge in [0.25, 0.3) is 5.91 Å². The second-order valence-electron chi connectivity index (χ2n) is 8.01. The van der Waals surface area contributed by atoms with E-state index in [1.165, 1.54) is 43.6 Å². The monoisotopic (exact) mass is 330 g/mol. The van der Waals surface area contributed by atoms with Gasteiger partial charge in [0.2, 0.25) is 0 Å². The summed E-state index contributed by atoms with van der Waals surface area (Å²) < 4.78 is 1.97. The molecule has 24 heavy (non-hydrogen) atoms. The van der Waals surface area contributed by atoms with Crippen LogP contribution in [0.25, 0.3) is 0 Å². The number of aromatic nitrogens is 2. The van der Waals surface area contributed by atoms with Crippen LogP contribution in [0.4, 0.5) is 0 Å². The van der Waals surface area contributed by atoms with Gasteiger partial charge in [-0.1, -0.05) is 6.92 Å². The fraction of sp³-hybridized carbons (Fsp3) is 0.789. The molecule has 1 aromatic rings. The lowest BCUT2D eigenvalue weighted by atomic mass is 9.88. The van der Waals surface area contributed by atoms with Crippen LogP contribution in [0.15, 0.2) is 0 Å². The van der Waals surface area contributed by atoms with E-state index in [0.717, 1.165) is 50.4 Å². The third kappa shape index (κ3) is 2.87. The Morgan fingerprint density at radius 2 is 1.79 bits per heavy atom. The van der Waals surface area contributed by atoms with Crippen molar-refractivity contribution in [2.45, 2.75) is 57.9 Å². The predicted octanol–water partition coefficient (Wildman–Crippen LogP) is 2.25. The van der Waals surface area contributed by atoms with Crippen molar-refractivity contribution in [2.75, 3.05) is 26.2 Å². The lowest BCUT2D eigenvalue weighted by molar-refractivity contribution is 0.0783. The normalized spacial score (nSPS) is 25.9. The van der Waals surface area contributed by atoms with Crippen molar-refractivity contribution in [2.24, 2.45) is 13.0 Å². The summed E-state index contributed by atoms with van der Waals surface area (Å²) in [6.45, 7) is 6.60. The first-order valence-corrected chi connectivity index (χ1v) is 9.71. The van der Waals surface area contributed by atoms with Crippen LogP contribution in [0.2, 0.25) is 0 Å². The molecule has 5 nitrogen and oxygen atoms in total. The van der Waals surface area contributed by atoms with Crippen molar-refractivity contribution in [1.82, 2.24) is 19.6 Å². The zero-order chi connectivity index (χ0) is 16.7. The highest BCUT2D eigenvalue weighted by atomic mass is 16.2. The van der Waals surface area contributed by atoms with E-state index in [1.54, 1.807) is 0 Å². The molecule has 2 aliphatic heterocycles. The van der Waals surface area contributed by atoms with Crippen molar-refractivity contribution in [3.05, 3.63) is 17.0 Å². The number of amides is 1. The van der Waals surface area contributed by atoms with Gasteiger partial charge in [-0.15, -0.1) is 0 Å². The molecule has 2 fully saturated rings. The third-order valence-corrected chi connectivity index (χ3v) is 6.36. The van der Waals surface area contributed by atoms with E-state index < -0.39 is 0 Å². The molecule has 0 N–H and O–H groups in total. The van der Waals surface area contributed by atoms with Crippen LogP contribution < -0.4 is 0 Å². The summed E-state index contributed by atoms with van der Waals surface area (Å²) in [7, 11) is 2.00. The van der Waals surface area contributed by atoms with Crippen molar-refractivity contribution in [3.8, 4) is 0 Å². The summed E-state index contributed by atoms with van der Waals surface area (Å²) in [5, 5.41) is 4.64. The molecule has 3 heterocycles. The maximum atomic E-state index is 12.9. The van der Waals surface area contributed by atoms with Crippen LogP contribution >= 0.6 is 0 Å². The molecule has 2 saturated heterocycles. The minimum Gasteiger partial charge on any atom is -0.337 e. The first kappa shape index (κ1) is 16.1. The molecule has 1 amide bonds. The molecule has 1 atom stereocenters. The maximum Gasteiger partial charge on any atom is 0.274 e. The van der Waals surface area contributed by atoms with Crippen LogP contribution in [0.5, 0.6) is 0 Å². The maximum absolute atomic E-state index is 12.9. The summed E-state index contributed by atoms with van der Waals surface area (Å²) in [4.78, 5) is 17.6. The molecule has 0 bridgehead atoms. The highest BCUT2D eigenvalue weighted by Gasteiger charge is 2.33. The van der Waals surface area contributed by atoms with Gasteiger partial charge in [0.1, 0.15) is 0 Å². The van der Waals surface area contributed by atoms with Crippen LogP contribution in [0.3, 0.4) is 0 Å². The van der Waals surface area contributed by atoms with Gasteiger partial charge in [-0.3, -0.25) is 9.48 Å². The molecule has 0 aromatic carbocycles. The second kappa shape index (κ2) is 6.51. The Hall–Kier alpha value is -1.36. The summed E-state index contributed by atoms with van der Waals surface area (Å²) in [6, 6.07) is 0.597. The lowest BCUT2D eigenvalue weighted by Crippen LogP contribution is -2.44. The molecule has 132 valence electrons. The zero-order valence-corrected chi connectivity index (χ0v) is 15.1. The molecule has 0 saturated carbocycles. The fourth-order valence-electron chi connectivity index (χ4n) is 4.72. The molecule has 0 spiro atoms. The van der Waals surface area contributed by atoms with E-state index in [4.69, 9.17) is 0 Å². The van der Waals surface area contributed by atoms with Gasteiger partial charge in [-0.25, -0.2) is 0 Å². The Labute approximate surface area is 145 Å². The van der Waals surface area contributed by atoms with Gasteiger partial charge in [0.15, 0.2) is 5.69 Å². The molecule has 5 heteroatoms. The molecular weight excluding hydrogens is 300 g/mol. The predicted molar refractivity (Wildman–Crippen MR) is 94.1 cm³/mol. The van der Waals surface area contributed by atoms with Crippen molar-refractivity contribution in [3.63, 3.8) is 0 Å². The van der Waals surface area contributed by atoms with Crippen molar-refractivity contribution >= 4 is 5.91 Å². The van der Waals surface area contributed by atoms with Gasteiger partial charge in [0, 0.05) is 37.4 Å². The van der Waals surface area contributed by atoms with Crippen LogP contribution in [-0.4, -0.2) is 57.7 Å². The number of aryl methyl sites for hydroxylation is 1. The number of fused-ring (bicyclic) bond motifs is 1. The largest absolute Gasteiger partial charge is 0.337 e. The van der Waals surface area contributed by atoms with Crippen LogP contribution in [0, 0.1) is 5.92 Å². The highest BCUT2D eigenvalue weighted by Crippen LogP contribution is 2.30. The molecule has 1 aliphatic carbocycles. The van der Waals surface area contributed by atoms with Crippen molar-refractivity contribution < 1.29 is 4.79 Å². The third-order valence-electron chi connectivity index (χ3n) is 6.36. The standard InChI is InChI=1S/C19H30N4O/c1-14-7-11-22(12-8-14)15-5-6-17-16(13-15)18(20-21(17)2)19(24)23-9-3-4-10-23/h14-15H,3-13H2,1-2H3. The number of rotatable bonds is 2. The number of carbonyl (C=O) groups excluding carboxylic acids is 1. The molecule has 1 aromatic heterocycles. The average molecular weight is 330 g/mol. The lowest BCUT2D eigenvalue weighted by Gasteiger charge is -2.38. The van der Waals surface area contributed by atoms with Gasteiger partial charge >= 0.3 is 0 Å². The highest BCUT2D eigenvalue weighted by molar-refractivity contribution is 5.94. The number of hydrogen-bond donors (Lipinski definition) is 0. The molecule has 4 rings (SSSR count). The number of hydrogen-bond acceptors (Lipinski definition) is 3. The summed E-state index contributed by atoms with van der Waals surface area (Å²) >= 11 is 0. The van der Waals surface area contributed by atoms with E-state index in [1.807, 2.05) is 16.6 Å². The van der Waals surface area contributed by atoms with Crippen LogP contribution in [-0.2, 0) is 19.9 Å². The molecule has 3 aliphatic rings. The van der Waals surface area contributed by atoms with E-state index >= 15 is 0 Å². The first-order valence-electron chi connectivity index (χ1n) is 9.71. The number of piperidine rings is 1. The molecule has 0 radical (unpaired) electrons. The van der Waals surface area contributed by atoms with Crippen LogP contribution in [0.1, 0.15) is 60.8 Å². The quantitative estimate of drug-likeness (QED) is 0.835. The molecule has 1 unspecified atom stereocenters. The number of likely N-dealkylation sites (tertiary alicyclic amines) is 2. The average Bonchev–Trinajstić information content (AvgIpc) is 3.23. The Kier molecular flexibility index (Phi) is 4.37. The smallest absolute Gasteiger partial charge is 0.274 e. The Morgan fingerprint density at radius 1 is 1.08 bits per heavy atom. The van der Waals surface area contributed by atoms with Gasteiger partial charge in [0.05, 0.1) is 0 Å². The van der Waals surface area contributed by atoms with E-state index in [2.05, 4.69) is 16.9 Å². The van der Waals surface area contributed by atoms with Crippen molar-refractivity contribution in [1.29, 1.82) is 0 Å². The van der Waals surface area contributed by atoms with Gasteiger partial charge in [-0.05, 0) is 64.0 Å². The SMILES string of the molecule is CC1CCN(C2CCc3c(c(C(=O)N4CCCC4)nn3C)C2)CC1. The zero-order valence-electron chi connectivity index (χ0n) is 15.1. The Balaban J connectivity index is 1.54. The van der Waals surface area contributed by atoms with E-state index in [0.29, 0.717) is 6.04 Å². The van der Waals surface area contributed by atoms with E-state index in [9.17, 15) is 4.79 Å². The summed E-state index contributed by atoms with van der Waals surface area (Å²) in [6.07, 6.45) is 8.17. The number of carbonyl (C=O) groups is 1. The van der Waals surface area contributed by atoms with Gasteiger partial charge < -0.3 is 9.80 Å². The fourth-order valence-corrected chi connectivity index (χ4v) is 4.72. The minimum absolute atomic E-state index is 0.164. The Bertz CT molecular complexity index is 609. The first-order chi connectivity index (χ1) is 11.6. The van der Waals surface area contributed by atoms with Gasteiger partial charge in [-0.2, -0.15) is 5.10 Å². The second-order valence-corrected chi connectivity index (χ2v) is 8.01. The van der Waals surface area contributed by atoms with E-state index in [-0.39, 0.29) is 5.91 Å². The topological polar surface area (TPSA) is 41.4 Å².